The highest BCUT2D eigenvalue weighted by Crippen LogP contribution is 2.20. The van der Waals surface area contributed by atoms with Crippen LogP contribution in [-0.2, 0) is 9.53 Å². The van der Waals surface area contributed by atoms with E-state index >= 15 is 0 Å². The minimum atomic E-state index is -1.27. The van der Waals surface area contributed by atoms with E-state index in [2.05, 4.69) is 4.74 Å². The quantitative estimate of drug-likeness (QED) is 0.771. The molecule has 1 aromatic carbocycles. The topological polar surface area (TPSA) is 46.5 Å². The van der Waals surface area contributed by atoms with Crippen molar-refractivity contribution < 1.29 is 19.0 Å². The van der Waals surface area contributed by atoms with Gasteiger partial charge in [-0.3, -0.25) is 0 Å². The molecular formula is C11H13FO3. The van der Waals surface area contributed by atoms with Gasteiger partial charge >= 0.3 is 5.97 Å². The fourth-order valence-electron chi connectivity index (χ4n) is 1.30. The number of ether oxygens (including phenoxy) is 1. The molecule has 0 spiro atoms. The van der Waals surface area contributed by atoms with E-state index in [0.717, 1.165) is 0 Å². The number of esters is 1. The molecule has 82 valence electrons. The molecule has 0 aromatic heterocycles. The molecule has 0 amide bonds. The molecule has 0 saturated carbocycles. The van der Waals surface area contributed by atoms with Crippen LogP contribution in [0.1, 0.15) is 18.4 Å². The molecule has 0 heterocycles. The van der Waals surface area contributed by atoms with Gasteiger partial charge in [-0.15, -0.1) is 0 Å². The summed E-state index contributed by atoms with van der Waals surface area (Å²) in [7, 11) is 1.20. The predicted molar refractivity (Wildman–Crippen MR) is 52.8 cm³/mol. The highest BCUT2D eigenvalue weighted by molar-refractivity contribution is 5.75. The van der Waals surface area contributed by atoms with E-state index in [1.54, 1.807) is 13.0 Å². The molecule has 0 fully saturated rings. The summed E-state index contributed by atoms with van der Waals surface area (Å²) in [4.78, 5) is 11.0. The molecule has 3 nitrogen and oxygen atoms in total. The number of carbonyl (C=O) groups excluding carboxylic acids is 1. The van der Waals surface area contributed by atoms with Crippen LogP contribution in [0.4, 0.5) is 4.39 Å². The van der Waals surface area contributed by atoms with Crippen LogP contribution >= 0.6 is 0 Å². The number of hydrogen-bond donors (Lipinski definition) is 1. The molecule has 1 N–H and O–H groups in total. The number of benzene rings is 1. The fourth-order valence-corrected chi connectivity index (χ4v) is 1.30. The third-order valence-corrected chi connectivity index (χ3v) is 2.29. The van der Waals surface area contributed by atoms with Crippen molar-refractivity contribution in [3.05, 3.63) is 35.6 Å². The zero-order chi connectivity index (χ0) is 11.4. The Morgan fingerprint density at radius 1 is 1.53 bits per heavy atom. The van der Waals surface area contributed by atoms with Crippen LogP contribution < -0.4 is 0 Å². The first-order valence-corrected chi connectivity index (χ1v) is 4.57. The summed E-state index contributed by atoms with van der Waals surface area (Å²) in [5.74, 6) is -1.60. The lowest BCUT2D eigenvalue weighted by molar-refractivity contribution is -0.151. The maximum Gasteiger partial charge on any atom is 0.335 e. The van der Waals surface area contributed by atoms with Crippen molar-refractivity contribution in [2.24, 2.45) is 0 Å². The summed E-state index contributed by atoms with van der Waals surface area (Å²) >= 11 is 0. The van der Waals surface area contributed by atoms with Crippen molar-refractivity contribution in [2.45, 2.75) is 18.9 Å². The Morgan fingerprint density at radius 3 is 2.73 bits per heavy atom. The standard InChI is InChI=1S/C11H13FO3/c1-7(10(13)11(14)15-2)8-4-3-5-9(12)6-8/h3-7,10,13H,1-2H3. The van der Waals surface area contributed by atoms with Crippen molar-refractivity contribution in [2.75, 3.05) is 7.11 Å². The van der Waals surface area contributed by atoms with Crippen LogP contribution in [0.3, 0.4) is 0 Å². The second-order valence-corrected chi connectivity index (χ2v) is 3.31. The molecule has 1 aromatic rings. The number of rotatable bonds is 3. The average Bonchev–Trinajstić information content (AvgIpc) is 2.26. The van der Waals surface area contributed by atoms with Crippen molar-refractivity contribution in [3.8, 4) is 0 Å². The largest absolute Gasteiger partial charge is 0.467 e. The van der Waals surface area contributed by atoms with Crippen molar-refractivity contribution in [1.82, 2.24) is 0 Å². The Kier molecular flexibility index (Phi) is 3.80. The first kappa shape index (κ1) is 11.7. The molecule has 0 saturated heterocycles. The van der Waals surface area contributed by atoms with E-state index in [0.29, 0.717) is 5.56 Å². The van der Waals surface area contributed by atoms with Gasteiger partial charge in [-0.05, 0) is 17.7 Å². The number of halogens is 1. The summed E-state index contributed by atoms with van der Waals surface area (Å²) in [5, 5.41) is 9.53. The third-order valence-electron chi connectivity index (χ3n) is 2.29. The van der Waals surface area contributed by atoms with E-state index in [1.165, 1.54) is 25.3 Å². The fraction of sp³-hybridized carbons (Fsp3) is 0.364. The third kappa shape index (κ3) is 2.76. The Morgan fingerprint density at radius 2 is 2.20 bits per heavy atom. The molecule has 4 heteroatoms. The minimum Gasteiger partial charge on any atom is -0.467 e. The maximum atomic E-state index is 12.9. The van der Waals surface area contributed by atoms with Gasteiger partial charge in [-0.1, -0.05) is 19.1 Å². The number of methoxy groups -OCH3 is 1. The first-order chi connectivity index (χ1) is 7.06. The van der Waals surface area contributed by atoms with Crippen LogP contribution in [0.15, 0.2) is 24.3 Å². The highest BCUT2D eigenvalue weighted by atomic mass is 19.1. The van der Waals surface area contributed by atoms with Gasteiger partial charge in [0.15, 0.2) is 6.10 Å². The summed E-state index contributed by atoms with van der Waals surface area (Å²) < 4.78 is 17.3. The van der Waals surface area contributed by atoms with Crippen LogP contribution in [0, 0.1) is 5.82 Å². The van der Waals surface area contributed by atoms with Gasteiger partial charge in [-0.25, -0.2) is 9.18 Å². The minimum absolute atomic E-state index is 0.392. The van der Waals surface area contributed by atoms with Crippen molar-refractivity contribution in [1.29, 1.82) is 0 Å². The van der Waals surface area contributed by atoms with Gasteiger partial charge in [0.25, 0.3) is 0 Å². The monoisotopic (exact) mass is 212 g/mol. The normalized spacial score (nSPS) is 14.4. The van der Waals surface area contributed by atoms with E-state index in [-0.39, 0.29) is 0 Å². The van der Waals surface area contributed by atoms with Gasteiger partial charge in [0.05, 0.1) is 7.11 Å². The second-order valence-electron chi connectivity index (χ2n) is 3.31. The lowest BCUT2D eigenvalue weighted by Crippen LogP contribution is -2.27. The van der Waals surface area contributed by atoms with E-state index in [9.17, 15) is 14.3 Å². The number of aliphatic hydroxyl groups excluding tert-OH is 1. The Labute approximate surface area is 87.5 Å². The number of aliphatic hydroxyl groups is 1. The molecule has 0 aliphatic carbocycles. The molecule has 0 aliphatic rings. The molecule has 0 bridgehead atoms. The summed E-state index contributed by atoms with van der Waals surface area (Å²) in [6.45, 7) is 1.64. The smallest absolute Gasteiger partial charge is 0.335 e. The van der Waals surface area contributed by atoms with E-state index in [4.69, 9.17) is 0 Å². The highest BCUT2D eigenvalue weighted by Gasteiger charge is 2.24. The van der Waals surface area contributed by atoms with E-state index in [1.807, 2.05) is 0 Å². The summed E-state index contributed by atoms with van der Waals surface area (Å²) in [6, 6.07) is 5.78. The van der Waals surface area contributed by atoms with Gasteiger partial charge in [-0.2, -0.15) is 0 Å². The lowest BCUT2D eigenvalue weighted by Gasteiger charge is -2.16. The predicted octanol–water partition coefficient (Wildman–Crippen LogP) is 1.46. The lowest BCUT2D eigenvalue weighted by atomic mass is 9.95. The molecule has 0 radical (unpaired) electrons. The zero-order valence-electron chi connectivity index (χ0n) is 8.61. The van der Waals surface area contributed by atoms with Crippen LogP contribution in [-0.4, -0.2) is 24.3 Å². The molecule has 0 aliphatic heterocycles. The van der Waals surface area contributed by atoms with Gasteiger partial charge in [0.1, 0.15) is 5.82 Å². The van der Waals surface area contributed by atoms with Crippen LogP contribution in [0.2, 0.25) is 0 Å². The van der Waals surface area contributed by atoms with Crippen LogP contribution in [0.5, 0.6) is 0 Å². The molecule has 2 unspecified atom stereocenters. The molecule has 15 heavy (non-hydrogen) atoms. The van der Waals surface area contributed by atoms with Crippen molar-refractivity contribution >= 4 is 5.97 Å². The van der Waals surface area contributed by atoms with E-state index < -0.39 is 23.8 Å². The van der Waals surface area contributed by atoms with Crippen LogP contribution in [0.25, 0.3) is 0 Å². The zero-order valence-corrected chi connectivity index (χ0v) is 8.61. The number of carbonyl (C=O) groups is 1. The molecule has 1 rings (SSSR count). The Hall–Kier alpha value is -1.42. The van der Waals surface area contributed by atoms with Gasteiger partial charge < -0.3 is 9.84 Å². The SMILES string of the molecule is COC(=O)C(O)C(C)c1cccc(F)c1. The summed E-state index contributed by atoms with van der Waals surface area (Å²) in [6.07, 6.45) is -1.27. The Balaban J connectivity index is 2.84. The summed E-state index contributed by atoms with van der Waals surface area (Å²) in [5.41, 5.74) is 0.563. The van der Waals surface area contributed by atoms with Gasteiger partial charge in [0, 0.05) is 5.92 Å². The first-order valence-electron chi connectivity index (χ1n) is 4.57. The maximum absolute atomic E-state index is 12.9. The molecule has 2 atom stereocenters. The van der Waals surface area contributed by atoms with Crippen molar-refractivity contribution in [3.63, 3.8) is 0 Å². The Bertz CT molecular complexity index is 351. The second kappa shape index (κ2) is 4.89. The average molecular weight is 212 g/mol. The molecular weight excluding hydrogens is 199 g/mol. The van der Waals surface area contributed by atoms with Gasteiger partial charge in [0.2, 0.25) is 0 Å². The number of hydrogen-bond acceptors (Lipinski definition) is 3.